The average Bonchev–Trinajstić information content (AvgIpc) is 2.28. The van der Waals surface area contributed by atoms with Crippen molar-refractivity contribution in [1.29, 1.82) is 0 Å². The molecule has 0 amide bonds. The first-order valence-electron chi connectivity index (χ1n) is 5.38. The van der Waals surface area contributed by atoms with Gasteiger partial charge in [-0.1, -0.05) is 15.9 Å². The zero-order valence-electron chi connectivity index (χ0n) is 10.8. The van der Waals surface area contributed by atoms with Gasteiger partial charge in [-0.05, 0) is 24.6 Å². The Kier molecular flexibility index (Phi) is 4.99. The van der Waals surface area contributed by atoms with E-state index in [4.69, 9.17) is 5.11 Å². The van der Waals surface area contributed by atoms with Gasteiger partial charge in [0, 0.05) is 10.7 Å². The van der Waals surface area contributed by atoms with E-state index < -0.39 is 37.1 Å². The van der Waals surface area contributed by atoms with Gasteiger partial charge in [-0.15, -0.1) is 0 Å². The smallest absolute Gasteiger partial charge is 0.335 e. The SMILES string of the molecule is Cc1c(Br)cc(C(=O)O)cc1S(=O)(=O)CCS(C)(=O)=O. The molecular weight excluding hydrogens is 372 g/mol. The van der Waals surface area contributed by atoms with E-state index in [1.165, 1.54) is 13.0 Å². The predicted molar refractivity (Wildman–Crippen MR) is 77.6 cm³/mol. The van der Waals surface area contributed by atoms with Gasteiger partial charge in [0.05, 0.1) is 22.0 Å². The Morgan fingerprint density at radius 3 is 2.20 bits per heavy atom. The molecule has 1 rings (SSSR count). The van der Waals surface area contributed by atoms with Gasteiger partial charge in [0.1, 0.15) is 9.84 Å². The fraction of sp³-hybridized carbons (Fsp3) is 0.364. The van der Waals surface area contributed by atoms with Crippen LogP contribution >= 0.6 is 15.9 Å². The maximum absolute atomic E-state index is 12.1. The molecule has 1 aromatic carbocycles. The van der Waals surface area contributed by atoms with Crippen LogP contribution in [0.25, 0.3) is 0 Å². The summed E-state index contributed by atoms with van der Waals surface area (Å²) in [7, 11) is -7.30. The maximum Gasteiger partial charge on any atom is 0.335 e. The van der Waals surface area contributed by atoms with Crippen molar-refractivity contribution in [2.45, 2.75) is 11.8 Å². The lowest BCUT2D eigenvalue weighted by atomic mass is 10.1. The van der Waals surface area contributed by atoms with Crippen LogP contribution in [0.1, 0.15) is 15.9 Å². The highest BCUT2D eigenvalue weighted by Gasteiger charge is 2.22. The highest BCUT2D eigenvalue weighted by atomic mass is 79.9. The average molecular weight is 385 g/mol. The van der Waals surface area contributed by atoms with Crippen molar-refractivity contribution >= 4 is 41.6 Å². The van der Waals surface area contributed by atoms with Crippen LogP contribution in [0, 0.1) is 6.92 Å². The van der Waals surface area contributed by atoms with Crippen molar-refractivity contribution in [2.75, 3.05) is 17.8 Å². The summed E-state index contributed by atoms with van der Waals surface area (Å²) in [6.45, 7) is 1.52. The number of rotatable bonds is 5. The molecule has 1 N–H and O–H groups in total. The highest BCUT2D eigenvalue weighted by Crippen LogP contribution is 2.26. The third-order valence-electron chi connectivity index (χ3n) is 2.60. The molecular formula is C11H13BrO6S2. The molecule has 0 fully saturated rings. The minimum absolute atomic E-state index is 0.173. The topological polar surface area (TPSA) is 106 Å². The van der Waals surface area contributed by atoms with Crippen molar-refractivity contribution in [3.63, 3.8) is 0 Å². The first-order valence-corrected chi connectivity index (χ1v) is 9.88. The Bertz CT molecular complexity index is 749. The normalized spacial score (nSPS) is 12.3. The molecule has 0 saturated carbocycles. The molecule has 6 nitrogen and oxygen atoms in total. The molecule has 0 saturated heterocycles. The van der Waals surface area contributed by atoms with E-state index in [0.29, 0.717) is 10.0 Å². The Balaban J connectivity index is 3.34. The number of carbonyl (C=O) groups is 1. The van der Waals surface area contributed by atoms with Crippen molar-refractivity contribution in [2.24, 2.45) is 0 Å². The fourth-order valence-corrected chi connectivity index (χ4v) is 5.25. The largest absolute Gasteiger partial charge is 0.478 e. The summed E-state index contributed by atoms with van der Waals surface area (Å²) < 4.78 is 46.8. The first-order chi connectivity index (χ1) is 8.94. The van der Waals surface area contributed by atoms with Crippen LogP contribution in [0.3, 0.4) is 0 Å². The Morgan fingerprint density at radius 1 is 1.20 bits per heavy atom. The summed E-state index contributed by atoms with van der Waals surface area (Å²) in [4.78, 5) is 10.8. The number of benzene rings is 1. The molecule has 0 heterocycles. The first kappa shape index (κ1) is 17.1. The predicted octanol–water partition coefficient (Wildman–Crippen LogP) is 1.27. The molecule has 0 aliphatic rings. The molecule has 20 heavy (non-hydrogen) atoms. The minimum Gasteiger partial charge on any atom is -0.478 e. The lowest BCUT2D eigenvalue weighted by Crippen LogP contribution is -2.17. The van der Waals surface area contributed by atoms with Crippen molar-refractivity contribution in [3.05, 3.63) is 27.7 Å². The van der Waals surface area contributed by atoms with Gasteiger partial charge in [0.25, 0.3) is 0 Å². The quantitative estimate of drug-likeness (QED) is 0.819. The van der Waals surface area contributed by atoms with E-state index in [1.54, 1.807) is 0 Å². The molecule has 0 radical (unpaired) electrons. The third-order valence-corrected chi connectivity index (χ3v) is 6.47. The highest BCUT2D eigenvalue weighted by molar-refractivity contribution is 9.10. The van der Waals surface area contributed by atoms with Gasteiger partial charge >= 0.3 is 5.97 Å². The molecule has 0 bridgehead atoms. The number of hydrogen-bond donors (Lipinski definition) is 1. The third kappa shape index (κ3) is 4.29. The Morgan fingerprint density at radius 2 is 1.75 bits per heavy atom. The summed E-state index contributed by atoms with van der Waals surface area (Å²) in [5, 5.41) is 8.94. The second-order valence-corrected chi connectivity index (χ2v) is 9.53. The van der Waals surface area contributed by atoms with Gasteiger partial charge in [-0.3, -0.25) is 0 Å². The number of carboxylic acids is 1. The van der Waals surface area contributed by atoms with Crippen LogP contribution in [0.2, 0.25) is 0 Å². The molecule has 9 heteroatoms. The number of sulfone groups is 2. The Labute approximate surface area is 125 Å². The van der Waals surface area contributed by atoms with E-state index in [0.717, 1.165) is 12.3 Å². The second kappa shape index (κ2) is 5.82. The molecule has 0 aliphatic heterocycles. The van der Waals surface area contributed by atoms with Crippen molar-refractivity contribution < 1.29 is 26.7 Å². The summed E-state index contributed by atoms with van der Waals surface area (Å²) in [6.07, 6.45) is 0.943. The van der Waals surface area contributed by atoms with Crippen molar-refractivity contribution in [3.8, 4) is 0 Å². The number of aromatic carboxylic acids is 1. The van der Waals surface area contributed by atoms with E-state index in [-0.39, 0.29) is 10.5 Å². The van der Waals surface area contributed by atoms with Crippen LogP contribution in [0.15, 0.2) is 21.5 Å². The van der Waals surface area contributed by atoms with Crippen LogP contribution in [-0.4, -0.2) is 45.7 Å². The molecule has 0 unspecified atom stereocenters. The maximum atomic E-state index is 12.1. The van der Waals surface area contributed by atoms with Crippen LogP contribution in [-0.2, 0) is 19.7 Å². The molecule has 112 valence electrons. The lowest BCUT2D eigenvalue weighted by Gasteiger charge is -2.10. The molecule has 0 aliphatic carbocycles. The number of hydrogen-bond acceptors (Lipinski definition) is 5. The van der Waals surface area contributed by atoms with E-state index in [9.17, 15) is 21.6 Å². The van der Waals surface area contributed by atoms with Gasteiger partial charge in [-0.2, -0.15) is 0 Å². The van der Waals surface area contributed by atoms with E-state index in [1.807, 2.05) is 0 Å². The molecule has 0 atom stereocenters. The van der Waals surface area contributed by atoms with E-state index >= 15 is 0 Å². The summed E-state index contributed by atoms with van der Waals surface area (Å²) in [5.41, 5.74) is 0.170. The van der Waals surface area contributed by atoms with Gasteiger partial charge in [0.2, 0.25) is 0 Å². The van der Waals surface area contributed by atoms with Gasteiger partial charge in [0.15, 0.2) is 9.84 Å². The summed E-state index contributed by atoms with van der Waals surface area (Å²) >= 11 is 3.10. The summed E-state index contributed by atoms with van der Waals surface area (Å²) in [5.74, 6) is -2.35. The fourth-order valence-electron chi connectivity index (χ4n) is 1.47. The zero-order chi connectivity index (χ0) is 15.7. The summed E-state index contributed by atoms with van der Waals surface area (Å²) in [6, 6.07) is 2.34. The van der Waals surface area contributed by atoms with Crippen LogP contribution in [0.5, 0.6) is 0 Å². The van der Waals surface area contributed by atoms with Gasteiger partial charge < -0.3 is 5.11 Å². The molecule has 0 spiro atoms. The Hall–Kier alpha value is -0.930. The second-order valence-electron chi connectivity index (χ2n) is 4.34. The molecule has 1 aromatic rings. The number of carboxylic acid groups (broad SMARTS) is 1. The monoisotopic (exact) mass is 384 g/mol. The van der Waals surface area contributed by atoms with E-state index in [2.05, 4.69) is 15.9 Å². The van der Waals surface area contributed by atoms with Crippen molar-refractivity contribution in [1.82, 2.24) is 0 Å². The van der Waals surface area contributed by atoms with Gasteiger partial charge in [-0.25, -0.2) is 21.6 Å². The van der Waals surface area contributed by atoms with Crippen LogP contribution in [0.4, 0.5) is 0 Å². The van der Waals surface area contributed by atoms with Crippen LogP contribution < -0.4 is 0 Å². The number of halogens is 1. The lowest BCUT2D eigenvalue weighted by molar-refractivity contribution is 0.0696. The molecule has 0 aromatic heterocycles. The minimum atomic E-state index is -3.88. The zero-order valence-corrected chi connectivity index (χ0v) is 14.0. The standard InChI is InChI=1S/C11H13BrO6S2/c1-7-9(12)5-8(11(13)14)6-10(7)20(17,18)4-3-19(2,15)16/h5-6H,3-4H2,1-2H3,(H,13,14).